The van der Waals surface area contributed by atoms with Crippen LogP contribution in [0.15, 0.2) is 71.5 Å². The molecule has 1 aromatic heterocycles. The number of fused-ring (bicyclic) bond motifs is 1. The molecule has 326 valence electrons. The van der Waals surface area contributed by atoms with Gasteiger partial charge in [-0.2, -0.15) is 0 Å². The summed E-state index contributed by atoms with van der Waals surface area (Å²) in [6, 6.07) is 21.7. The second-order valence-electron chi connectivity index (χ2n) is 18.9. The number of benzene rings is 3. The van der Waals surface area contributed by atoms with E-state index in [0.717, 1.165) is 53.7 Å². The third-order valence-electron chi connectivity index (χ3n) is 12.8. The summed E-state index contributed by atoms with van der Waals surface area (Å²) in [6.45, 7) is 15.5. The van der Waals surface area contributed by atoms with Crippen molar-refractivity contribution in [1.82, 2.24) is 15.2 Å². The first-order chi connectivity index (χ1) is 29.1. The van der Waals surface area contributed by atoms with Gasteiger partial charge >= 0.3 is 6.09 Å². The first-order valence-electron chi connectivity index (χ1n) is 23.8. The zero-order chi connectivity index (χ0) is 42.5. The molecule has 1 amide bonds. The van der Waals surface area contributed by atoms with Gasteiger partial charge in [0.1, 0.15) is 5.60 Å². The highest BCUT2D eigenvalue weighted by Gasteiger charge is 2.34. The van der Waals surface area contributed by atoms with Crippen molar-refractivity contribution in [2.75, 3.05) is 13.1 Å². The predicted octanol–water partition coefficient (Wildman–Crippen LogP) is 14.5. The maximum atomic E-state index is 11.9. The Labute approximate surface area is 373 Å². The van der Waals surface area contributed by atoms with Crippen LogP contribution < -0.4 is 10.6 Å². The van der Waals surface area contributed by atoms with E-state index in [1.54, 1.807) is 33.1 Å². The van der Waals surface area contributed by atoms with Gasteiger partial charge in [0, 0.05) is 47.9 Å². The topological polar surface area (TPSA) is 54.5 Å². The Hall–Kier alpha value is -2.79. The fraction of sp³-hybridized carbons (Fsp3) is 0.585. The van der Waals surface area contributed by atoms with Gasteiger partial charge in [-0.25, -0.2) is 4.79 Å². The fourth-order valence-corrected chi connectivity index (χ4v) is 14.5. The van der Waals surface area contributed by atoms with Gasteiger partial charge in [-0.05, 0) is 156 Å². The summed E-state index contributed by atoms with van der Waals surface area (Å²) in [5.74, 6) is 0. The second-order valence-corrected chi connectivity index (χ2v) is 22.5. The van der Waals surface area contributed by atoms with E-state index in [1.807, 2.05) is 33.2 Å². The van der Waals surface area contributed by atoms with Crippen molar-refractivity contribution in [3.63, 3.8) is 0 Å². The lowest BCUT2D eigenvalue weighted by atomic mass is 9.87. The zero-order valence-electron chi connectivity index (χ0n) is 38.0. The van der Waals surface area contributed by atoms with Crippen molar-refractivity contribution in [1.29, 1.82) is 0 Å². The number of hydrogen-bond donors (Lipinski definition) is 1. The maximum absolute atomic E-state index is 11.9. The Morgan fingerprint density at radius 3 is 1.95 bits per heavy atom. The van der Waals surface area contributed by atoms with Crippen molar-refractivity contribution in [2.45, 2.75) is 187 Å². The van der Waals surface area contributed by atoms with Gasteiger partial charge in [0.05, 0.1) is 0 Å². The lowest BCUT2D eigenvalue weighted by Gasteiger charge is -2.40. The second kappa shape index (κ2) is 23.1. The van der Waals surface area contributed by atoms with Gasteiger partial charge in [0.25, 0.3) is 0 Å². The molecule has 7 rings (SSSR count). The molecule has 1 N–H and O–H groups in total. The largest absolute Gasteiger partial charge is 0.444 e. The van der Waals surface area contributed by atoms with Crippen LogP contribution in [0.1, 0.15) is 160 Å². The summed E-state index contributed by atoms with van der Waals surface area (Å²) in [5, 5.41) is 7.10. The Kier molecular flexibility index (Phi) is 17.9. The van der Waals surface area contributed by atoms with Crippen molar-refractivity contribution in [3.8, 4) is 11.1 Å². The monoisotopic (exact) mass is 895 g/mol. The predicted molar refractivity (Wildman–Crippen MR) is 261 cm³/mol. The number of amides is 1. The molecule has 1 saturated heterocycles. The summed E-state index contributed by atoms with van der Waals surface area (Å²) in [6.07, 6.45) is 27.3. The highest BCUT2D eigenvalue weighted by Crippen LogP contribution is 2.56. The van der Waals surface area contributed by atoms with Crippen molar-refractivity contribution >= 4 is 46.0 Å². The molecule has 60 heavy (non-hydrogen) atoms. The number of ether oxygens (including phenoxy) is 1. The van der Waals surface area contributed by atoms with E-state index >= 15 is 0 Å². The normalized spacial score (nSPS) is 17.4. The minimum absolute atomic E-state index is 0.0942. The molecule has 7 heteroatoms. The van der Waals surface area contributed by atoms with Gasteiger partial charge in [-0.1, -0.05) is 135 Å². The van der Waals surface area contributed by atoms with E-state index in [2.05, 4.69) is 106 Å². The van der Waals surface area contributed by atoms with E-state index in [1.165, 1.54) is 114 Å². The average molecular weight is 897 g/mol. The number of rotatable bonds is 13. The summed E-state index contributed by atoms with van der Waals surface area (Å²) in [5.41, 5.74) is 10.8. The third kappa shape index (κ3) is 13.1. The van der Waals surface area contributed by atoms with Gasteiger partial charge in [0.15, 0.2) is 0 Å². The number of pyridine rings is 1. The van der Waals surface area contributed by atoms with Crippen LogP contribution in [0, 0.1) is 0 Å². The van der Waals surface area contributed by atoms with Gasteiger partial charge in [-0.3, -0.25) is 9.88 Å². The number of carbonyl (C=O) groups is 1. The van der Waals surface area contributed by atoms with E-state index in [0.29, 0.717) is 0 Å². The summed E-state index contributed by atoms with van der Waals surface area (Å²) in [7, 11) is -0.0942. The molecule has 0 radical (unpaired) electrons. The minimum Gasteiger partial charge on any atom is -0.444 e. The highest BCUT2D eigenvalue weighted by atomic mass is 79.9. The van der Waals surface area contributed by atoms with Crippen LogP contribution in [0.2, 0.25) is 0 Å². The van der Waals surface area contributed by atoms with Gasteiger partial charge < -0.3 is 10.1 Å². The number of aromatic nitrogens is 1. The number of aryl methyl sites for hydroxylation is 3. The number of hydrogen-bond acceptors (Lipinski definition) is 4. The average Bonchev–Trinajstić information content (AvgIpc) is 3.23. The summed E-state index contributed by atoms with van der Waals surface area (Å²) >= 11 is 3.58. The first-order valence-corrected chi connectivity index (χ1v) is 26.1. The Morgan fingerprint density at radius 2 is 1.37 bits per heavy atom. The highest BCUT2D eigenvalue weighted by molar-refractivity contribution is 9.10. The molecule has 3 aliphatic rings. The first kappa shape index (κ1) is 46.7. The Morgan fingerprint density at radius 1 is 0.767 bits per heavy atom. The van der Waals surface area contributed by atoms with Crippen LogP contribution in [0.5, 0.6) is 0 Å². The van der Waals surface area contributed by atoms with Gasteiger partial charge in [0.2, 0.25) is 0 Å². The van der Waals surface area contributed by atoms with Crippen molar-refractivity contribution < 1.29 is 9.53 Å². The molecule has 2 saturated carbocycles. The summed E-state index contributed by atoms with van der Waals surface area (Å²) in [4.78, 5) is 18.5. The number of nitrogens with one attached hydrogen (secondary N) is 1. The van der Waals surface area contributed by atoms with Crippen molar-refractivity contribution in [3.05, 3.63) is 93.7 Å². The Bertz CT molecular complexity index is 1910. The van der Waals surface area contributed by atoms with E-state index in [9.17, 15) is 4.79 Å². The number of alkyl carbamates (subject to hydrolysis) is 1. The number of carbonyl (C=O) groups excluding carboxylic acids is 1. The van der Waals surface area contributed by atoms with Crippen LogP contribution in [0.4, 0.5) is 4.79 Å². The molecule has 4 aromatic rings. The number of likely N-dealkylation sites (tertiary alicyclic amines) is 1. The SMILES string of the molecule is CC(C)(C)OC(=O)NC1CCN(Cc2ccc3cncc(Br)c3c2)CC1.CCCc1cc(CCC)c(-c2ccccc2P(C2CCCCC2)C2CCCCC2)c(CCC)c1. The number of nitrogens with zero attached hydrogens (tertiary/aromatic N) is 2. The number of piperidine rings is 1. The summed E-state index contributed by atoms with van der Waals surface area (Å²) < 4.78 is 6.37. The van der Waals surface area contributed by atoms with E-state index in [-0.39, 0.29) is 20.1 Å². The molecule has 3 fully saturated rings. The minimum atomic E-state index is -0.454. The molecular weight excluding hydrogens is 821 g/mol. The molecule has 0 unspecified atom stereocenters. The molecule has 3 aromatic carbocycles. The molecule has 1 aliphatic heterocycles. The van der Waals surface area contributed by atoms with E-state index in [4.69, 9.17) is 4.74 Å². The maximum Gasteiger partial charge on any atom is 0.407 e. The molecule has 5 nitrogen and oxygen atoms in total. The van der Waals surface area contributed by atoms with Crippen LogP contribution in [0.3, 0.4) is 0 Å². The fourth-order valence-electron chi connectivity index (χ4n) is 10.1. The standard InChI is InChI=1S/C33H49P.C20H26BrN3O2/c1-4-15-26-24-27(16-5-2)33(28(25-26)17-6-3)31-22-13-14-23-32(31)34(29-18-9-7-10-19-29)30-20-11-8-12-21-30;1-20(2,3)26-19(25)23-16-6-8-24(9-7-16)13-14-4-5-15-11-22-12-18(21)17(15)10-14/h13-14,22-25,29-30H,4-12,15-21H2,1-3H3;4-5,10-12,16H,6-9,13H2,1-3H3,(H,23,25). The molecule has 0 bridgehead atoms. The zero-order valence-corrected chi connectivity index (χ0v) is 40.4. The quantitative estimate of drug-likeness (QED) is 0.136. The smallest absolute Gasteiger partial charge is 0.407 e. The molecule has 2 aliphatic carbocycles. The van der Waals surface area contributed by atoms with Crippen LogP contribution in [-0.2, 0) is 30.5 Å². The molecular formula is C53H75BrN3O2P. The number of halogens is 1. The molecule has 0 atom stereocenters. The third-order valence-corrected chi connectivity index (χ3v) is 17.0. The lowest BCUT2D eigenvalue weighted by Crippen LogP contribution is -2.45. The molecule has 0 spiro atoms. The lowest BCUT2D eigenvalue weighted by molar-refractivity contribution is 0.0477. The van der Waals surface area contributed by atoms with Crippen LogP contribution >= 0.6 is 23.9 Å². The van der Waals surface area contributed by atoms with E-state index < -0.39 is 5.60 Å². The van der Waals surface area contributed by atoms with Crippen LogP contribution in [-0.4, -0.2) is 52.0 Å². The van der Waals surface area contributed by atoms with Gasteiger partial charge in [-0.15, -0.1) is 0 Å². The van der Waals surface area contributed by atoms with Crippen LogP contribution in [0.25, 0.3) is 21.9 Å². The Balaban J connectivity index is 0.000000209. The molecule has 2 heterocycles. The van der Waals surface area contributed by atoms with Crippen molar-refractivity contribution in [2.24, 2.45) is 0 Å².